The molecule has 0 aliphatic carbocycles. The van der Waals surface area contributed by atoms with Crippen molar-refractivity contribution >= 4 is 5.91 Å². The minimum atomic E-state index is -0.192. The van der Waals surface area contributed by atoms with Crippen LogP contribution in [0.3, 0.4) is 0 Å². The highest BCUT2D eigenvalue weighted by atomic mass is 16.7. The third-order valence-corrected chi connectivity index (χ3v) is 3.14. The Labute approximate surface area is 130 Å². The average Bonchev–Trinajstić information content (AvgIpc) is 3.04. The largest absolute Gasteiger partial charge is 0.490 e. The molecule has 1 heterocycles. The Bertz CT molecular complexity index is 484. The van der Waals surface area contributed by atoms with Crippen LogP contribution < -0.4 is 14.2 Å². The summed E-state index contributed by atoms with van der Waals surface area (Å²) in [6, 6.07) is 3.36. The van der Waals surface area contributed by atoms with E-state index < -0.39 is 0 Å². The molecule has 0 radical (unpaired) electrons. The molecule has 0 aromatic heterocycles. The van der Waals surface area contributed by atoms with E-state index in [2.05, 4.69) is 0 Å². The summed E-state index contributed by atoms with van der Waals surface area (Å²) in [7, 11) is 0. The topological polar surface area (TPSA) is 57.2 Å². The van der Waals surface area contributed by atoms with Crippen molar-refractivity contribution in [1.82, 2.24) is 5.06 Å². The SMILES string of the molecule is CCOc1cc(C(=O)N2CCCO2)cc(OCC)c1OCC. The van der Waals surface area contributed by atoms with E-state index in [-0.39, 0.29) is 5.91 Å². The van der Waals surface area contributed by atoms with Gasteiger partial charge in [-0.3, -0.25) is 9.63 Å². The monoisotopic (exact) mass is 309 g/mol. The standard InChI is InChI=1S/C16H23NO5/c1-4-19-13-10-12(16(18)17-8-7-9-22-17)11-14(20-5-2)15(13)21-6-3/h10-11H,4-9H2,1-3H3. The number of rotatable bonds is 7. The Balaban J connectivity index is 2.38. The molecule has 0 bridgehead atoms. The first kappa shape index (κ1) is 16.4. The molecule has 2 rings (SSSR count). The summed E-state index contributed by atoms with van der Waals surface area (Å²) in [6.45, 7) is 8.26. The highest BCUT2D eigenvalue weighted by Crippen LogP contribution is 2.39. The number of amides is 1. The summed E-state index contributed by atoms with van der Waals surface area (Å²) in [5.41, 5.74) is 0.470. The minimum absolute atomic E-state index is 0.192. The number of carbonyl (C=O) groups excluding carboxylic acids is 1. The molecule has 6 nitrogen and oxygen atoms in total. The van der Waals surface area contributed by atoms with E-state index in [1.165, 1.54) is 5.06 Å². The average molecular weight is 309 g/mol. The summed E-state index contributed by atoms with van der Waals surface area (Å²) < 4.78 is 16.9. The number of hydroxylamine groups is 2. The Kier molecular flexibility index (Phi) is 5.89. The lowest BCUT2D eigenvalue weighted by molar-refractivity contribution is -0.0768. The maximum atomic E-state index is 12.5. The summed E-state index contributed by atoms with van der Waals surface area (Å²) in [4.78, 5) is 17.8. The first-order valence-corrected chi connectivity index (χ1v) is 7.72. The Morgan fingerprint density at radius 3 is 2.14 bits per heavy atom. The van der Waals surface area contributed by atoms with Crippen molar-refractivity contribution in [2.45, 2.75) is 27.2 Å². The van der Waals surface area contributed by atoms with Crippen LogP contribution in [0.15, 0.2) is 12.1 Å². The van der Waals surface area contributed by atoms with Gasteiger partial charge in [0.1, 0.15) is 0 Å². The Morgan fingerprint density at radius 1 is 1.09 bits per heavy atom. The van der Waals surface area contributed by atoms with E-state index >= 15 is 0 Å². The molecule has 22 heavy (non-hydrogen) atoms. The van der Waals surface area contributed by atoms with Crippen molar-refractivity contribution in [2.24, 2.45) is 0 Å². The molecule has 1 saturated heterocycles. The van der Waals surface area contributed by atoms with Crippen molar-refractivity contribution in [3.8, 4) is 17.2 Å². The first-order chi connectivity index (χ1) is 10.7. The van der Waals surface area contributed by atoms with E-state index in [4.69, 9.17) is 19.0 Å². The van der Waals surface area contributed by atoms with Crippen LogP contribution >= 0.6 is 0 Å². The number of carbonyl (C=O) groups is 1. The predicted octanol–water partition coefficient (Wildman–Crippen LogP) is 2.66. The summed E-state index contributed by atoms with van der Waals surface area (Å²) in [5, 5.41) is 1.38. The summed E-state index contributed by atoms with van der Waals surface area (Å²) in [5.74, 6) is 1.36. The van der Waals surface area contributed by atoms with E-state index in [0.29, 0.717) is 55.8 Å². The smallest absolute Gasteiger partial charge is 0.277 e. The molecule has 1 aliphatic rings. The zero-order valence-corrected chi connectivity index (χ0v) is 13.4. The highest BCUT2D eigenvalue weighted by Gasteiger charge is 2.24. The van der Waals surface area contributed by atoms with Crippen LogP contribution in [0.4, 0.5) is 0 Å². The van der Waals surface area contributed by atoms with Crippen LogP contribution in [0.25, 0.3) is 0 Å². The van der Waals surface area contributed by atoms with Gasteiger partial charge in [0.25, 0.3) is 5.91 Å². The Hall–Kier alpha value is -1.95. The fourth-order valence-electron chi connectivity index (χ4n) is 2.26. The molecule has 1 aromatic rings. The zero-order chi connectivity index (χ0) is 15.9. The van der Waals surface area contributed by atoms with E-state index in [1.54, 1.807) is 12.1 Å². The third kappa shape index (κ3) is 3.62. The zero-order valence-electron chi connectivity index (χ0n) is 13.4. The second-order valence-electron chi connectivity index (χ2n) is 4.69. The van der Waals surface area contributed by atoms with Crippen molar-refractivity contribution < 1.29 is 23.8 Å². The van der Waals surface area contributed by atoms with Gasteiger partial charge < -0.3 is 14.2 Å². The number of benzene rings is 1. The molecular weight excluding hydrogens is 286 g/mol. The Morgan fingerprint density at radius 2 is 1.68 bits per heavy atom. The van der Waals surface area contributed by atoms with Gasteiger partial charge in [-0.1, -0.05) is 0 Å². The molecule has 0 atom stereocenters. The van der Waals surface area contributed by atoms with Crippen LogP contribution in [0.2, 0.25) is 0 Å². The van der Waals surface area contributed by atoms with Gasteiger partial charge in [0, 0.05) is 5.56 Å². The second-order valence-corrected chi connectivity index (χ2v) is 4.69. The van der Waals surface area contributed by atoms with Gasteiger partial charge >= 0.3 is 0 Å². The maximum absolute atomic E-state index is 12.5. The van der Waals surface area contributed by atoms with Gasteiger partial charge in [-0.25, -0.2) is 5.06 Å². The number of nitrogens with zero attached hydrogens (tertiary/aromatic N) is 1. The van der Waals surface area contributed by atoms with E-state index in [1.807, 2.05) is 20.8 Å². The fraction of sp³-hybridized carbons (Fsp3) is 0.562. The lowest BCUT2D eigenvalue weighted by Crippen LogP contribution is -2.26. The molecule has 0 unspecified atom stereocenters. The fourth-order valence-corrected chi connectivity index (χ4v) is 2.26. The van der Waals surface area contributed by atoms with Crippen LogP contribution in [0.5, 0.6) is 17.2 Å². The first-order valence-electron chi connectivity index (χ1n) is 7.72. The van der Waals surface area contributed by atoms with Gasteiger partial charge in [-0.15, -0.1) is 0 Å². The van der Waals surface area contributed by atoms with Crippen LogP contribution in [0.1, 0.15) is 37.6 Å². The molecule has 1 aromatic carbocycles. The third-order valence-electron chi connectivity index (χ3n) is 3.14. The second kappa shape index (κ2) is 7.89. The number of hydrogen-bond acceptors (Lipinski definition) is 5. The summed E-state index contributed by atoms with van der Waals surface area (Å²) >= 11 is 0. The van der Waals surface area contributed by atoms with Gasteiger partial charge in [0.2, 0.25) is 5.75 Å². The van der Waals surface area contributed by atoms with Gasteiger partial charge in [-0.2, -0.15) is 0 Å². The van der Waals surface area contributed by atoms with Crippen molar-refractivity contribution in [3.05, 3.63) is 17.7 Å². The van der Waals surface area contributed by atoms with Crippen molar-refractivity contribution in [2.75, 3.05) is 33.0 Å². The van der Waals surface area contributed by atoms with Crippen molar-refractivity contribution in [3.63, 3.8) is 0 Å². The quantitative estimate of drug-likeness (QED) is 0.775. The number of hydrogen-bond donors (Lipinski definition) is 0. The van der Waals surface area contributed by atoms with Crippen molar-refractivity contribution in [1.29, 1.82) is 0 Å². The highest BCUT2D eigenvalue weighted by molar-refractivity contribution is 5.95. The van der Waals surface area contributed by atoms with Crippen LogP contribution in [-0.4, -0.2) is 43.9 Å². The normalized spacial score (nSPS) is 14.0. The molecule has 0 N–H and O–H groups in total. The summed E-state index contributed by atoms with van der Waals surface area (Å²) in [6.07, 6.45) is 0.847. The minimum Gasteiger partial charge on any atom is -0.490 e. The molecule has 1 amide bonds. The molecule has 6 heteroatoms. The molecule has 122 valence electrons. The van der Waals surface area contributed by atoms with Gasteiger partial charge in [0.05, 0.1) is 33.0 Å². The van der Waals surface area contributed by atoms with E-state index in [9.17, 15) is 4.79 Å². The molecule has 1 fully saturated rings. The lowest BCUT2D eigenvalue weighted by Gasteiger charge is -2.19. The number of ether oxygens (including phenoxy) is 3. The lowest BCUT2D eigenvalue weighted by atomic mass is 10.1. The van der Waals surface area contributed by atoms with Crippen LogP contribution in [-0.2, 0) is 4.84 Å². The predicted molar refractivity (Wildman–Crippen MR) is 81.6 cm³/mol. The molecule has 0 saturated carbocycles. The van der Waals surface area contributed by atoms with Gasteiger partial charge in [-0.05, 0) is 39.3 Å². The molecular formula is C16H23NO5. The van der Waals surface area contributed by atoms with E-state index in [0.717, 1.165) is 6.42 Å². The van der Waals surface area contributed by atoms with Crippen LogP contribution in [0, 0.1) is 0 Å². The molecule has 1 aliphatic heterocycles. The van der Waals surface area contributed by atoms with Gasteiger partial charge in [0.15, 0.2) is 11.5 Å². The maximum Gasteiger partial charge on any atom is 0.277 e. The molecule has 0 spiro atoms.